The Bertz CT molecular complexity index is 300. The second kappa shape index (κ2) is 7.66. The van der Waals surface area contributed by atoms with E-state index in [0.29, 0.717) is 5.92 Å². The Hall–Kier alpha value is -0.570. The van der Waals surface area contributed by atoms with E-state index in [2.05, 4.69) is 38.1 Å². The Morgan fingerprint density at radius 1 is 1.19 bits per heavy atom. The van der Waals surface area contributed by atoms with Gasteiger partial charge in [0.2, 0.25) is 0 Å². The predicted molar refractivity (Wildman–Crippen MR) is 73.0 cm³/mol. The molecule has 0 aromatic heterocycles. The minimum atomic E-state index is 0. The zero-order valence-corrected chi connectivity index (χ0v) is 11.0. The fraction of sp³-hybridized carbons (Fsp3) is 0.538. The number of rotatable bonds is 5. The second-order valence-corrected chi connectivity index (χ2v) is 4.36. The molecule has 0 spiro atoms. The summed E-state index contributed by atoms with van der Waals surface area (Å²) in [6.07, 6.45) is 1.96. The molecule has 0 amide bonds. The van der Waals surface area contributed by atoms with Gasteiger partial charge in [-0.05, 0) is 36.4 Å². The third-order valence-corrected chi connectivity index (χ3v) is 2.72. The molecule has 0 aliphatic rings. The summed E-state index contributed by atoms with van der Waals surface area (Å²) >= 11 is 0. The first-order valence-corrected chi connectivity index (χ1v) is 5.70. The summed E-state index contributed by atoms with van der Waals surface area (Å²) in [6, 6.07) is 8.70. The van der Waals surface area contributed by atoms with Crippen molar-refractivity contribution in [2.75, 3.05) is 6.54 Å². The van der Waals surface area contributed by atoms with Crippen LogP contribution in [0.1, 0.15) is 49.8 Å². The van der Waals surface area contributed by atoms with Gasteiger partial charge in [0, 0.05) is 6.04 Å². The fourth-order valence-electron chi connectivity index (χ4n) is 1.65. The van der Waals surface area contributed by atoms with Gasteiger partial charge in [-0.15, -0.1) is 12.4 Å². The van der Waals surface area contributed by atoms with Crippen LogP contribution in [0.5, 0.6) is 0 Å². The molecule has 0 fully saturated rings. The average Bonchev–Trinajstić information content (AvgIpc) is 2.26. The molecule has 0 heterocycles. The third kappa shape index (κ3) is 4.52. The molecule has 0 unspecified atom stereocenters. The van der Waals surface area contributed by atoms with E-state index in [-0.39, 0.29) is 18.4 Å². The Morgan fingerprint density at radius 2 is 1.81 bits per heavy atom. The van der Waals surface area contributed by atoms with Crippen LogP contribution in [-0.2, 0) is 0 Å². The van der Waals surface area contributed by atoms with E-state index in [1.807, 2.05) is 0 Å². The Labute approximate surface area is 105 Å². The number of nitrogens with two attached hydrogens (primary N) is 2. The molecule has 0 bridgehead atoms. The molecule has 2 nitrogen and oxygen atoms in total. The molecule has 0 aliphatic heterocycles. The molecule has 0 saturated heterocycles. The summed E-state index contributed by atoms with van der Waals surface area (Å²) in [6.45, 7) is 5.12. The van der Waals surface area contributed by atoms with Crippen molar-refractivity contribution in [1.29, 1.82) is 0 Å². The lowest BCUT2D eigenvalue weighted by molar-refractivity contribution is 0.617. The van der Waals surface area contributed by atoms with Gasteiger partial charge in [0.25, 0.3) is 0 Å². The summed E-state index contributed by atoms with van der Waals surface area (Å²) in [5.74, 6) is 0.562. The minimum absolute atomic E-state index is 0. The van der Waals surface area contributed by atoms with Crippen molar-refractivity contribution in [1.82, 2.24) is 0 Å². The topological polar surface area (TPSA) is 52.0 Å². The van der Waals surface area contributed by atoms with Gasteiger partial charge in [0.05, 0.1) is 0 Å². The first-order valence-electron chi connectivity index (χ1n) is 5.70. The second-order valence-electron chi connectivity index (χ2n) is 4.36. The molecule has 1 aromatic carbocycles. The normalized spacial score (nSPS) is 12.3. The molecule has 16 heavy (non-hydrogen) atoms. The molecule has 3 heteroatoms. The summed E-state index contributed by atoms with van der Waals surface area (Å²) < 4.78 is 0. The molecule has 0 saturated carbocycles. The zero-order valence-electron chi connectivity index (χ0n) is 10.1. The monoisotopic (exact) mass is 242 g/mol. The number of hydrogen-bond donors (Lipinski definition) is 2. The molecule has 0 radical (unpaired) electrons. The van der Waals surface area contributed by atoms with E-state index >= 15 is 0 Å². The lowest BCUT2D eigenvalue weighted by Crippen LogP contribution is -2.12. The van der Waals surface area contributed by atoms with Crippen LogP contribution in [-0.4, -0.2) is 6.54 Å². The summed E-state index contributed by atoms with van der Waals surface area (Å²) in [7, 11) is 0. The van der Waals surface area contributed by atoms with Gasteiger partial charge in [0.1, 0.15) is 0 Å². The van der Waals surface area contributed by atoms with E-state index in [0.717, 1.165) is 19.4 Å². The quantitative estimate of drug-likeness (QED) is 0.834. The highest BCUT2D eigenvalue weighted by molar-refractivity contribution is 5.85. The van der Waals surface area contributed by atoms with E-state index in [4.69, 9.17) is 11.5 Å². The van der Waals surface area contributed by atoms with Crippen LogP contribution >= 0.6 is 12.4 Å². The molecular weight excluding hydrogens is 220 g/mol. The van der Waals surface area contributed by atoms with Crippen molar-refractivity contribution in [3.63, 3.8) is 0 Å². The van der Waals surface area contributed by atoms with Crippen molar-refractivity contribution in [2.45, 2.75) is 38.6 Å². The van der Waals surface area contributed by atoms with Crippen LogP contribution in [0.2, 0.25) is 0 Å². The lowest BCUT2D eigenvalue weighted by Gasteiger charge is -2.14. The highest BCUT2D eigenvalue weighted by Crippen LogP contribution is 2.21. The SMILES string of the molecule is CC(C)c1cccc([C@H](N)CCCN)c1.Cl. The molecular formula is C13H23ClN2. The minimum Gasteiger partial charge on any atom is -0.330 e. The maximum atomic E-state index is 6.09. The van der Waals surface area contributed by atoms with Gasteiger partial charge >= 0.3 is 0 Å². The van der Waals surface area contributed by atoms with Crippen molar-refractivity contribution in [2.24, 2.45) is 11.5 Å². The van der Waals surface area contributed by atoms with E-state index < -0.39 is 0 Å². The van der Waals surface area contributed by atoms with E-state index in [1.54, 1.807) is 0 Å². The van der Waals surface area contributed by atoms with Crippen LogP contribution in [0.15, 0.2) is 24.3 Å². The molecule has 1 rings (SSSR count). The Kier molecular flexibility index (Phi) is 7.39. The number of hydrogen-bond acceptors (Lipinski definition) is 2. The van der Waals surface area contributed by atoms with Crippen LogP contribution in [0, 0.1) is 0 Å². The maximum Gasteiger partial charge on any atom is 0.0295 e. The molecule has 1 aromatic rings. The van der Waals surface area contributed by atoms with Crippen molar-refractivity contribution in [3.05, 3.63) is 35.4 Å². The fourth-order valence-corrected chi connectivity index (χ4v) is 1.65. The van der Waals surface area contributed by atoms with Gasteiger partial charge in [-0.1, -0.05) is 38.1 Å². The largest absolute Gasteiger partial charge is 0.330 e. The van der Waals surface area contributed by atoms with Crippen molar-refractivity contribution >= 4 is 12.4 Å². The lowest BCUT2D eigenvalue weighted by atomic mass is 9.96. The first kappa shape index (κ1) is 15.4. The summed E-state index contributed by atoms with van der Waals surface area (Å²) in [4.78, 5) is 0. The summed E-state index contributed by atoms with van der Waals surface area (Å²) in [5.41, 5.74) is 14.2. The Morgan fingerprint density at radius 3 is 2.38 bits per heavy atom. The van der Waals surface area contributed by atoms with E-state index in [9.17, 15) is 0 Å². The van der Waals surface area contributed by atoms with Gasteiger partial charge in [-0.2, -0.15) is 0 Å². The van der Waals surface area contributed by atoms with Crippen LogP contribution in [0.25, 0.3) is 0 Å². The third-order valence-electron chi connectivity index (χ3n) is 2.72. The van der Waals surface area contributed by atoms with Gasteiger partial charge < -0.3 is 11.5 Å². The average molecular weight is 243 g/mol. The van der Waals surface area contributed by atoms with Gasteiger partial charge in [-0.3, -0.25) is 0 Å². The molecule has 92 valence electrons. The Balaban J connectivity index is 0.00000225. The first-order chi connectivity index (χ1) is 7.15. The smallest absolute Gasteiger partial charge is 0.0295 e. The molecule has 1 atom stereocenters. The van der Waals surface area contributed by atoms with Crippen molar-refractivity contribution < 1.29 is 0 Å². The van der Waals surface area contributed by atoms with Crippen LogP contribution in [0.3, 0.4) is 0 Å². The van der Waals surface area contributed by atoms with Crippen LogP contribution < -0.4 is 11.5 Å². The number of benzene rings is 1. The maximum absolute atomic E-state index is 6.09. The standard InChI is InChI=1S/C13H22N2.ClH/c1-10(2)11-5-3-6-12(9-11)13(15)7-4-8-14;/h3,5-6,9-10,13H,4,7-8,14-15H2,1-2H3;1H/t13-;/m1./s1. The van der Waals surface area contributed by atoms with E-state index in [1.165, 1.54) is 11.1 Å². The number of halogens is 1. The molecule has 0 aliphatic carbocycles. The highest BCUT2D eigenvalue weighted by atomic mass is 35.5. The van der Waals surface area contributed by atoms with Gasteiger partial charge in [0.15, 0.2) is 0 Å². The van der Waals surface area contributed by atoms with Crippen LogP contribution in [0.4, 0.5) is 0 Å². The predicted octanol–water partition coefficient (Wildman–Crippen LogP) is 2.97. The molecule has 4 N–H and O–H groups in total. The summed E-state index contributed by atoms with van der Waals surface area (Å²) in [5, 5.41) is 0. The van der Waals surface area contributed by atoms with Gasteiger partial charge in [-0.25, -0.2) is 0 Å². The van der Waals surface area contributed by atoms with Crippen molar-refractivity contribution in [3.8, 4) is 0 Å². The zero-order chi connectivity index (χ0) is 11.3. The highest BCUT2D eigenvalue weighted by Gasteiger charge is 2.07.